The van der Waals surface area contributed by atoms with Crippen LogP contribution in [-0.2, 0) is 4.79 Å². The zero-order chi connectivity index (χ0) is 10.7. The second kappa shape index (κ2) is 4.75. The van der Waals surface area contributed by atoms with Crippen LogP contribution in [0.15, 0.2) is 0 Å². The number of nitrogens with two attached hydrogens (primary N) is 1. The van der Waals surface area contributed by atoms with E-state index in [2.05, 4.69) is 18.7 Å². The molecule has 0 radical (unpaired) electrons. The molecule has 1 aliphatic carbocycles. The molecule has 0 aliphatic heterocycles. The molecule has 1 rings (SSSR count). The number of nitrogens with zero attached hydrogens (tertiary/aromatic N) is 1. The summed E-state index contributed by atoms with van der Waals surface area (Å²) in [6.45, 7) is 5.62. The van der Waals surface area contributed by atoms with Crippen LogP contribution in [0.4, 0.5) is 0 Å². The van der Waals surface area contributed by atoms with Gasteiger partial charge in [0.2, 0.25) is 0 Å². The third kappa shape index (κ3) is 3.64. The molecule has 1 fully saturated rings. The maximum atomic E-state index is 10.6. The molecule has 0 bridgehead atoms. The number of hydrogen-bond acceptors (Lipinski definition) is 3. The summed E-state index contributed by atoms with van der Waals surface area (Å²) in [7, 11) is 0. The number of carbonyl (C=O) groups is 1. The van der Waals surface area contributed by atoms with Crippen LogP contribution in [0.3, 0.4) is 0 Å². The van der Waals surface area contributed by atoms with Gasteiger partial charge < -0.3 is 10.8 Å². The molecule has 0 aromatic carbocycles. The largest absolute Gasteiger partial charge is 0.480 e. The van der Waals surface area contributed by atoms with Gasteiger partial charge in [0, 0.05) is 19.1 Å². The van der Waals surface area contributed by atoms with Crippen molar-refractivity contribution in [1.29, 1.82) is 0 Å². The molecule has 4 nitrogen and oxygen atoms in total. The fourth-order valence-electron chi connectivity index (χ4n) is 1.46. The topological polar surface area (TPSA) is 66.6 Å². The maximum absolute atomic E-state index is 10.6. The van der Waals surface area contributed by atoms with E-state index in [1.807, 2.05) is 0 Å². The van der Waals surface area contributed by atoms with E-state index in [9.17, 15) is 4.79 Å². The van der Waals surface area contributed by atoms with Crippen LogP contribution in [0, 0.1) is 5.92 Å². The Balaban J connectivity index is 2.37. The number of aliphatic carboxylic acids is 1. The smallest absolute Gasteiger partial charge is 0.321 e. The molecular weight excluding hydrogens is 180 g/mol. The van der Waals surface area contributed by atoms with Gasteiger partial charge in [-0.25, -0.2) is 0 Å². The zero-order valence-corrected chi connectivity index (χ0v) is 8.94. The first-order chi connectivity index (χ1) is 6.50. The summed E-state index contributed by atoms with van der Waals surface area (Å²) in [4.78, 5) is 12.8. The average Bonchev–Trinajstić information content (AvgIpc) is 2.86. The Morgan fingerprint density at radius 3 is 2.50 bits per heavy atom. The van der Waals surface area contributed by atoms with Crippen molar-refractivity contribution in [3.05, 3.63) is 0 Å². The minimum absolute atomic E-state index is 0.376. The van der Waals surface area contributed by atoms with Crippen LogP contribution in [0.1, 0.15) is 26.7 Å². The molecule has 1 aliphatic rings. The van der Waals surface area contributed by atoms with Crippen LogP contribution in [0.25, 0.3) is 0 Å². The highest BCUT2D eigenvalue weighted by Crippen LogP contribution is 2.30. The Hall–Kier alpha value is -0.610. The van der Waals surface area contributed by atoms with Crippen LogP contribution in [0.5, 0.6) is 0 Å². The molecule has 0 aromatic heterocycles. The summed E-state index contributed by atoms with van der Waals surface area (Å²) < 4.78 is 0. The van der Waals surface area contributed by atoms with Gasteiger partial charge in [0.15, 0.2) is 0 Å². The number of carboxylic acids is 1. The molecule has 1 atom stereocenters. The monoisotopic (exact) mass is 200 g/mol. The lowest BCUT2D eigenvalue weighted by Gasteiger charge is -2.27. The van der Waals surface area contributed by atoms with Crippen LogP contribution < -0.4 is 5.73 Å². The Morgan fingerprint density at radius 2 is 2.14 bits per heavy atom. The van der Waals surface area contributed by atoms with Crippen molar-refractivity contribution in [2.75, 3.05) is 13.1 Å². The Morgan fingerprint density at radius 1 is 1.57 bits per heavy atom. The van der Waals surface area contributed by atoms with Crippen LogP contribution in [0.2, 0.25) is 0 Å². The summed E-state index contributed by atoms with van der Waals surface area (Å²) in [5.41, 5.74) is 5.51. The Bertz CT molecular complexity index is 202. The average molecular weight is 200 g/mol. The summed E-state index contributed by atoms with van der Waals surface area (Å²) in [6.07, 6.45) is 2.57. The van der Waals surface area contributed by atoms with Gasteiger partial charge in [-0.1, -0.05) is 0 Å². The Kier molecular flexibility index (Phi) is 3.89. The highest BCUT2D eigenvalue weighted by molar-refractivity contribution is 5.73. The van der Waals surface area contributed by atoms with Gasteiger partial charge in [-0.2, -0.15) is 0 Å². The van der Waals surface area contributed by atoms with Gasteiger partial charge in [0.25, 0.3) is 0 Å². The van der Waals surface area contributed by atoms with E-state index in [0.29, 0.717) is 12.6 Å². The molecule has 0 amide bonds. The lowest BCUT2D eigenvalue weighted by Crippen LogP contribution is -2.46. The molecule has 0 aromatic rings. The fourth-order valence-corrected chi connectivity index (χ4v) is 1.46. The molecule has 14 heavy (non-hydrogen) atoms. The first-order valence-electron chi connectivity index (χ1n) is 5.23. The van der Waals surface area contributed by atoms with Crippen LogP contribution >= 0.6 is 0 Å². The summed E-state index contributed by atoms with van der Waals surface area (Å²) in [5, 5.41) is 8.71. The van der Waals surface area contributed by atoms with Crippen LogP contribution in [-0.4, -0.2) is 41.1 Å². The van der Waals surface area contributed by atoms with Crippen molar-refractivity contribution < 1.29 is 9.90 Å². The SMILES string of the molecule is CC(C)N(CC1CC1)CC(N)C(=O)O. The zero-order valence-electron chi connectivity index (χ0n) is 8.94. The molecule has 4 heteroatoms. The van der Waals surface area contributed by atoms with Crippen molar-refractivity contribution in [2.24, 2.45) is 11.7 Å². The van der Waals surface area contributed by atoms with Crippen molar-refractivity contribution in [3.63, 3.8) is 0 Å². The number of rotatable bonds is 6. The van der Waals surface area contributed by atoms with Gasteiger partial charge in [-0.05, 0) is 32.6 Å². The second-order valence-electron chi connectivity index (χ2n) is 4.44. The summed E-state index contributed by atoms with van der Waals surface area (Å²) >= 11 is 0. The van der Waals surface area contributed by atoms with E-state index in [4.69, 9.17) is 10.8 Å². The molecule has 1 saturated carbocycles. The lowest BCUT2D eigenvalue weighted by atomic mass is 10.2. The van der Waals surface area contributed by atoms with Crippen molar-refractivity contribution >= 4 is 5.97 Å². The highest BCUT2D eigenvalue weighted by Gasteiger charge is 2.27. The number of carboxylic acid groups (broad SMARTS) is 1. The van der Waals surface area contributed by atoms with E-state index >= 15 is 0 Å². The van der Waals surface area contributed by atoms with E-state index < -0.39 is 12.0 Å². The van der Waals surface area contributed by atoms with Crippen molar-refractivity contribution in [2.45, 2.75) is 38.8 Å². The maximum Gasteiger partial charge on any atom is 0.321 e. The van der Waals surface area contributed by atoms with Crippen molar-refractivity contribution in [1.82, 2.24) is 4.90 Å². The minimum Gasteiger partial charge on any atom is -0.480 e. The Labute approximate surface area is 85.1 Å². The first kappa shape index (κ1) is 11.5. The molecule has 0 saturated heterocycles. The van der Waals surface area contributed by atoms with Gasteiger partial charge in [-0.15, -0.1) is 0 Å². The van der Waals surface area contributed by atoms with Gasteiger partial charge in [-0.3, -0.25) is 9.69 Å². The molecular formula is C10H20N2O2. The van der Waals surface area contributed by atoms with Crippen molar-refractivity contribution in [3.8, 4) is 0 Å². The van der Waals surface area contributed by atoms with E-state index in [-0.39, 0.29) is 0 Å². The molecule has 1 unspecified atom stereocenters. The molecule has 82 valence electrons. The number of hydrogen-bond donors (Lipinski definition) is 2. The van der Waals surface area contributed by atoms with E-state index in [0.717, 1.165) is 12.5 Å². The second-order valence-corrected chi connectivity index (χ2v) is 4.44. The first-order valence-corrected chi connectivity index (χ1v) is 5.23. The van der Waals surface area contributed by atoms with E-state index in [1.165, 1.54) is 12.8 Å². The highest BCUT2D eigenvalue weighted by atomic mass is 16.4. The van der Waals surface area contributed by atoms with Gasteiger partial charge >= 0.3 is 5.97 Å². The fraction of sp³-hybridized carbons (Fsp3) is 0.900. The quantitative estimate of drug-likeness (QED) is 0.656. The summed E-state index contributed by atoms with van der Waals surface area (Å²) in [5.74, 6) is -0.134. The molecule has 0 spiro atoms. The van der Waals surface area contributed by atoms with Gasteiger partial charge in [0.1, 0.15) is 6.04 Å². The summed E-state index contributed by atoms with van der Waals surface area (Å²) in [6, 6.07) is -0.378. The lowest BCUT2D eigenvalue weighted by molar-refractivity contribution is -0.139. The third-order valence-electron chi connectivity index (χ3n) is 2.67. The predicted molar refractivity (Wildman–Crippen MR) is 55.0 cm³/mol. The third-order valence-corrected chi connectivity index (χ3v) is 2.67. The normalized spacial score (nSPS) is 18.9. The van der Waals surface area contributed by atoms with Gasteiger partial charge in [0.05, 0.1) is 0 Å². The predicted octanol–water partition coefficient (Wildman–Crippen LogP) is 0.519. The molecule has 0 heterocycles. The molecule has 3 N–H and O–H groups in total. The minimum atomic E-state index is -0.911. The standard InChI is InChI=1S/C10H20N2O2/c1-7(2)12(5-8-3-4-8)6-9(11)10(13)14/h7-9H,3-6,11H2,1-2H3,(H,13,14). The van der Waals surface area contributed by atoms with E-state index in [1.54, 1.807) is 0 Å².